The summed E-state index contributed by atoms with van der Waals surface area (Å²) in [4.78, 5) is 10.0. The van der Waals surface area contributed by atoms with E-state index < -0.39 is 5.41 Å². The molecule has 0 radical (unpaired) electrons. The summed E-state index contributed by atoms with van der Waals surface area (Å²) in [5, 5.41) is 3.60. The fourth-order valence-electron chi connectivity index (χ4n) is 8.93. The van der Waals surface area contributed by atoms with E-state index in [0.717, 1.165) is 39.1 Å². The third-order valence-corrected chi connectivity index (χ3v) is 11.3. The topological polar surface area (TPSA) is 30.7 Å². The number of aromatic nitrogens is 3. The Kier molecular flexibility index (Phi) is 6.77. The van der Waals surface area contributed by atoms with Gasteiger partial charge in [-0.05, 0) is 51.6 Å². The maximum Gasteiger partial charge on any atom is 0.160 e. The zero-order valence-electron chi connectivity index (χ0n) is 29.4. The fourth-order valence-corrected chi connectivity index (χ4v) is 8.93. The first-order chi connectivity index (χ1) is 26.8. The third kappa shape index (κ3) is 4.42. The van der Waals surface area contributed by atoms with Gasteiger partial charge in [0.15, 0.2) is 5.82 Å². The van der Waals surface area contributed by atoms with Crippen LogP contribution in [0.2, 0.25) is 0 Å². The van der Waals surface area contributed by atoms with Crippen LogP contribution in [0.15, 0.2) is 200 Å². The van der Waals surface area contributed by atoms with Crippen molar-refractivity contribution in [3.05, 3.63) is 222 Å². The van der Waals surface area contributed by atoms with E-state index in [0.29, 0.717) is 0 Å². The molecule has 1 atom stereocenters. The highest BCUT2D eigenvalue weighted by molar-refractivity contribution is 6.12. The molecular weight excluding hydrogens is 655 g/mol. The van der Waals surface area contributed by atoms with E-state index in [1.54, 1.807) is 0 Å². The van der Waals surface area contributed by atoms with Crippen molar-refractivity contribution in [3.63, 3.8) is 0 Å². The molecule has 252 valence electrons. The number of fused-ring (bicyclic) bond motifs is 6. The van der Waals surface area contributed by atoms with Crippen LogP contribution in [0.5, 0.6) is 0 Å². The molecule has 10 aromatic rings. The van der Waals surface area contributed by atoms with Crippen LogP contribution >= 0.6 is 0 Å². The normalized spacial score (nSPS) is 14.7. The highest BCUT2D eigenvalue weighted by atomic mass is 15.0. The fraction of sp³-hybridized carbons (Fsp3) is 0.0196. The van der Waals surface area contributed by atoms with Gasteiger partial charge in [0.1, 0.15) is 0 Å². The number of benzene rings is 8. The minimum Gasteiger partial charge on any atom is -0.309 e. The van der Waals surface area contributed by atoms with Crippen LogP contribution < -0.4 is 0 Å². The SMILES string of the molecule is c1ccc(-c2nc(-c3ccc(-c4ccc(C5(c6ccccc6)c6ccccc6-n6c7ccccc7c7cccc5c76)cc4)cc3)c3ccccc3n2)cc1. The molecular formula is C51H33N3. The molecule has 3 heterocycles. The maximum atomic E-state index is 5.10. The predicted molar refractivity (Wildman–Crippen MR) is 222 cm³/mol. The third-order valence-electron chi connectivity index (χ3n) is 11.3. The van der Waals surface area contributed by atoms with E-state index >= 15 is 0 Å². The van der Waals surface area contributed by atoms with Gasteiger partial charge in [-0.2, -0.15) is 0 Å². The Balaban J connectivity index is 1.06. The maximum absolute atomic E-state index is 5.10. The molecule has 0 fully saturated rings. The van der Waals surface area contributed by atoms with Gasteiger partial charge < -0.3 is 4.57 Å². The molecule has 0 saturated heterocycles. The van der Waals surface area contributed by atoms with E-state index in [1.807, 2.05) is 24.3 Å². The number of rotatable bonds is 5. The van der Waals surface area contributed by atoms with E-state index in [1.165, 1.54) is 55.3 Å². The van der Waals surface area contributed by atoms with Crippen molar-refractivity contribution in [1.29, 1.82) is 0 Å². The minimum absolute atomic E-state index is 0.519. The monoisotopic (exact) mass is 687 g/mol. The number of nitrogens with zero attached hydrogens (tertiary/aromatic N) is 3. The summed E-state index contributed by atoms with van der Waals surface area (Å²) in [5.74, 6) is 0.733. The van der Waals surface area contributed by atoms with Crippen LogP contribution in [0.3, 0.4) is 0 Å². The second kappa shape index (κ2) is 12.0. The Morgan fingerprint density at radius 1 is 0.370 bits per heavy atom. The quantitative estimate of drug-likeness (QED) is 0.180. The van der Waals surface area contributed by atoms with Gasteiger partial charge >= 0.3 is 0 Å². The lowest BCUT2D eigenvalue weighted by atomic mass is 9.63. The van der Waals surface area contributed by atoms with Crippen molar-refractivity contribution in [2.45, 2.75) is 5.41 Å². The highest BCUT2D eigenvalue weighted by Crippen LogP contribution is 2.54. The Bertz CT molecular complexity index is 3020. The second-order valence-electron chi connectivity index (χ2n) is 14.1. The average molecular weight is 688 g/mol. The van der Waals surface area contributed by atoms with Crippen molar-refractivity contribution in [2.75, 3.05) is 0 Å². The van der Waals surface area contributed by atoms with Crippen LogP contribution in [-0.4, -0.2) is 14.5 Å². The lowest BCUT2D eigenvalue weighted by molar-refractivity contribution is 0.728. The first-order valence-electron chi connectivity index (χ1n) is 18.5. The minimum atomic E-state index is -0.519. The lowest BCUT2D eigenvalue weighted by Crippen LogP contribution is -2.35. The molecule has 8 aromatic carbocycles. The first-order valence-corrected chi connectivity index (χ1v) is 18.5. The van der Waals surface area contributed by atoms with E-state index in [-0.39, 0.29) is 0 Å². The Hall–Kier alpha value is -7.10. The summed E-state index contributed by atoms with van der Waals surface area (Å²) < 4.78 is 2.48. The molecule has 0 aliphatic carbocycles. The molecule has 2 aromatic heterocycles. The molecule has 11 rings (SSSR count). The van der Waals surface area contributed by atoms with Gasteiger partial charge in [0.05, 0.1) is 33.3 Å². The summed E-state index contributed by atoms with van der Waals surface area (Å²) in [6, 6.07) is 72.2. The van der Waals surface area contributed by atoms with Gasteiger partial charge in [0.25, 0.3) is 0 Å². The summed E-state index contributed by atoms with van der Waals surface area (Å²) in [6.45, 7) is 0. The van der Waals surface area contributed by atoms with Gasteiger partial charge in [-0.25, -0.2) is 9.97 Å². The van der Waals surface area contributed by atoms with Crippen LogP contribution in [0.4, 0.5) is 0 Å². The molecule has 54 heavy (non-hydrogen) atoms. The van der Waals surface area contributed by atoms with Crippen LogP contribution in [-0.2, 0) is 5.41 Å². The molecule has 1 aliphatic rings. The van der Waals surface area contributed by atoms with Gasteiger partial charge in [-0.1, -0.05) is 182 Å². The summed E-state index contributed by atoms with van der Waals surface area (Å²) >= 11 is 0. The Labute approximate surface area is 313 Å². The molecule has 1 aliphatic heterocycles. The van der Waals surface area contributed by atoms with Crippen molar-refractivity contribution < 1.29 is 0 Å². The zero-order valence-corrected chi connectivity index (χ0v) is 29.4. The van der Waals surface area contributed by atoms with Crippen molar-refractivity contribution in [2.24, 2.45) is 0 Å². The summed E-state index contributed by atoms with van der Waals surface area (Å²) in [5.41, 5.74) is 14.6. The van der Waals surface area contributed by atoms with Gasteiger partial charge in [-0.3, -0.25) is 0 Å². The molecule has 0 spiro atoms. The van der Waals surface area contributed by atoms with Crippen LogP contribution in [0.25, 0.3) is 72.2 Å². The lowest BCUT2D eigenvalue weighted by Gasteiger charge is -2.41. The summed E-state index contributed by atoms with van der Waals surface area (Å²) in [6.07, 6.45) is 0. The largest absolute Gasteiger partial charge is 0.309 e. The molecule has 3 nitrogen and oxygen atoms in total. The van der Waals surface area contributed by atoms with E-state index in [2.05, 4.69) is 180 Å². The van der Waals surface area contributed by atoms with Gasteiger partial charge in [0, 0.05) is 27.3 Å². The summed E-state index contributed by atoms with van der Waals surface area (Å²) in [7, 11) is 0. The smallest absolute Gasteiger partial charge is 0.160 e. The van der Waals surface area contributed by atoms with Gasteiger partial charge in [-0.15, -0.1) is 0 Å². The number of para-hydroxylation sites is 4. The van der Waals surface area contributed by atoms with Gasteiger partial charge in [0.2, 0.25) is 0 Å². The molecule has 0 amide bonds. The van der Waals surface area contributed by atoms with Crippen molar-refractivity contribution in [1.82, 2.24) is 14.5 Å². The zero-order chi connectivity index (χ0) is 35.6. The number of hydrogen-bond donors (Lipinski definition) is 0. The van der Waals surface area contributed by atoms with Crippen molar-refractivity contribution in [3.8, 4) is 39.5 Å². The van der Waals surface area contributed by atoms with Crippen molar-refractivity contribution >= 4 is 32.7 Å². The molecule has 0 N–H and O–H groups in total. The molecule has 1 unspecified atom stereocenters. The predicted octanol–water partition coefficient (Wildman–Crippen LogP) is 12.4. The van der Waals surface area contributed by atoms with Crippen LogP contribution in [0, 0.1) is 0 Å². The Morgan fingerprint density at radius 2 is 0.944 bits per heavy atom. The van der Waals surface area contributed by atoms with Crippen LogP contribution in [0.1, 0.15) is 22.3 Å². The highest BCUT2D eigenvalue weighted by Gasteiger charge is 2.45. The standard InChI is InChI=1S/C51H33N3/c1-3-14-37(15-4-1)50-52-45-23-10-7-19-42(45)48(53-50)36-28-26-34(27-29-36)35-30-32-39(33-31-35)51(38-16-5-2-6-17-38)43-21-9-12-25-47(43)54-46-24-11-8-18-40(46)41-20-13-22-44(51)49(41)54/h1-33H. The van der Waals surface area contributed by atoms with E-state index in [9.17, 15) is 0 Å². The molecule has 0 saturated carbocycles. The second-order valence-corrected chi connectivity index (χ2v) is 14.1. The molecule has 3 heteroatoms. The first kappa shape index (κ1) is 30.5. The number of hydrogen-bond acceptors (Lipinski definition) is 2. The molecule has 0 bridgehead atoms. The van der Waals surface area contributed by atoms with E-state index in [4.69, 9.17) is 9.97 Å². The Morgan fingerprint density at radius 3 is 1.74 bits per heavy atom. The average Bonchev–Trinajstić information content (AvgIpc) is 3.60.